The van der Waals surface area contributed by atoms with Crippen LogP contribution in [0, 0.1) is 23.3 Å². The Morgan fingerprint density at radius 1 is 0.946 bits per heavy atom. The Hall–Kier alpha value is -3.63. The van der Waals surface area contributed by atoms with Gasteiger partial charge in [-0.2, -0.15) is 0 Å². The Balaban J connectivity index is 1.26. The number of nitrogens with one attached hydrogen (secondary N) is 1. The van der Waals surface area contributed by atoms with Crippen molar-refractivity contribution in [2.45, 2.75) is 23.3 Å². The van der Waals surface area contributed by atoms with Gasteiger partial charge in [0.25, 0.3) is 5.91 Å². The molecular weight excluding hydrogens is 506 g/mol. The number of hydrogen-bond acceptors (Lipinski definition) is 5. The van der Waals surface area contributed by atoms with E-state index in [1.807, 2.05) is 0 Å². The molecule has 1 saturated heterocycles. The smallest absolute Gasteiger partial charge is 0.253 e. The molecule has 0 bridgehead atoms. The van der Waals surface area contributed by atoms with Crippen molar-refractivity contribution in [1.29, 1.82) is 0 Å². The van der Waals surface area contributed by atoms with E-state index in [4.69, 9.17) is 0 Å². The monoisotopic (exact) mass is 527 g/mol. The van der Waals surface area contributed by atoms with Crippen LogP contribution in [0.5, 0.6) is 0 Å². The minimum atomic E-state index is -1.60. The molecule has 5 rings (SSSR count). The van der Waals surface area contributed by atoms with Crippen LogP contribution in [-0.2, 0) is 5.60 Å². The van der Waals surface area contributed by atoms with Crippen LogP contribution in [0.1, 0.15) is 28.8 Å². The highest BCUT2D eigenvalue weighted by Crippen LogP contribution is 2.36. The van der Waals surface area contributed by atoms with Crippen molar-refractivity contribution in [3.8, 4) is 0 Å². The molecule has 4 aromatic rings. The van der Waals surface area contributed by atoms with Gasteiger partial charge in [-0.1, -0.05) is 12.1 Å². The number of nitrogens with zero attached hydrogens (tertiary/aromatic N) is 2. The van der Waals surface area contributed by atoms with Crippen LogP contribution >= 0.6 is 11.9 Å². The van der Waals surface area contributed by atoms with E-state index < -0.39 is 34.8 Å². The highest BCUT2D eigenvalue weighted by atomic mass is 32.2. The van der Waals surface area contributed by atoms with Gasteiger partial charge in [0.1, 0.15) is 11.6 Å². The Bertz CT molecular complexity index is 1490. The van der Waals surface area contributed by atoms with Crippen LogP contribution in [0.2, 0.25) is 0 Å². The summed E-state index contributed by atoms with van der Waals surface area (Å²) < 4.78 is 59.6. The highest BCUT2D eigenvalue weighted by Gasteiger charge is 2.38. The molecule has 0 radical (unpaired) electrons. The summed E-state index contributed by atoms with van der Waals surface area (Å²) in [5, 5.41) is 11.2. The van der Waals surface area contributed by atoms with Gasteiger partial charge in [0.2, 0.25) is 0 Å². The number of fused-ring (bicyclic) bond motifs is 1. The first kappa shape index (κ1) is 25.0. The fourth-order valence-corrected chi connectivity index (χ4v) is 5.21. The third-order valence-electron chi connectivity index (χ3n) is 6.50. The lowest BCUT2D eigenvalue weighted by molar-refractivity contribution is -0.0240. The molecule has 1 aromatic heterocycles. The number of anilines is 1. The third kappa shape index (κ3) is 4.86. The lowest BCUT2D eigenvalue weighted by atomic mass is 9.84. The van der Waals surface area contributed by atoms with Gasteiger partial charge < -0.3 is 14.7 Å². The van der Waals surface area contributed by atoms with Gasteiger partial charge in [0, 0.05) is 35.8 Å². The fourth-order valence-electron chi connectivity index (χ4n) is 4.43. The molecule has 10 heteroatoms. The van der Waals surface area contributed by atoms with E-state index in [1.54, 1.807) is 24.4 Å². The molecule has 3 aromatic carbocycles. The van der Waals surface area contributed by atoms with E-state index in [1.165, 1.54) is 35.2 Å². The standard InChI is InChI=1S/C27H21F4N3O2S/c28-19-7-9-23(25-17(19)3-2-12-32-25)37-33-22-8-6-16(15-21(22)30)26(35)34-13-10-27(36,11-14-34)18-4-1-5-20(29)24(18)31/h1-9,12,15,33,36H,10-11,13-14H2. The number of aliphatic hydroxyl groups is 1. The van der Waals surface area contributed by atoms with Gasteiger partial charge in [-0.05, 0) is 73.3 Å². The molecule has 0 aliphatic carbocycles. The molecule has 0 atom stereocenters. The number of pyridine rings is 1. The second-order valence-corrected chi connectivity index (χ2v) is 9.62. The van der Waals surface area contributed by atoms with E-state index in [0.717, 1.165) is 24.1 Å². The van der Waals surface area contributed by atoms with E-state index in [9.17, 15) is 27.5 Å². The molecule has 2 N–H and O–H groups in total. The maximum absolute atomic E-state index is 14.8. The summed E-state index contributed by atoms with van der Waals surface area (Å²) in [6, 6.07) is 13.8. The maximum Gasteiger partial charge on any atom is 0.253 e. The number of carbonyl (C=O) groups excluding carboxylic acids is 1. The van der Waals surface area contributed by atoms with E-state index in [0.29, 0.717) is 15.8 Å². The van der Waals surface area contributed by atoms with Gasteiger partial charge in [-0.15, -0.1) is 0 Å². The molecule has 1 aliphatic rings. The SMILES string of the molecule is O=C(c1ccc(NSc2ccc(F)c3cccnc23)c(F)c1)N1CCC(O)(c2cccc(F)c2F)CC1. The molecule has 1 fully saturated rings. The van der Waals surface area contributed by atoms with Crippen LogP contribution in [0.25, 0.3) is 10.9 Å². The molecule has 1 aliphatic heterocycles. The number of halogens is 4. The molecule has 1 amide bonds. The van der Waals surface area contributed by atoms with Crippen molar-refractivity contribution >= 4 is 34.4 Å². The average Bonchev–Trinajstić information content (AvgIpc) is 2.90. The van der Waals surface area contributed by atoms with Crippen molar-refractivity contribution in [3.05, 3.63) is 101 Å². The summed E-state index contributed by atoms with van der Waals surface area (Å²) in [4.78, 5) is 19.2. The largest absolute Gasteiger partial charge is 0.385 e. The van der Waals surface area contributed by atoms with Gasteiger partial charge >= 0.3 is 0 Å². The molecule has 2 heterocycles. The predicted octanol–water partition coefficient (Wildman–Crippen LogP) is 6.03. The lowest BCUT2D eigenvalue weighted by Gasteiger charge is -2.38. The van der Waals surface area contributed by atoms with Crippen LogP contribution in [-0.4, -0.2) is 34.0 Å². The second-order valence-electron chi connectivity index (χ2n) is 8.77. The van der Waals surface area contributed by atoms with Crippen molar-refractivity contribution < 1.29 is 27.5 Å². The van der Waals surface area contributed by atoms with Crippen molar-refractivity contribution in [2.75, 3.05) is 17.8 Å². The van der Waals surface area contributed by atoms with E-state index in [2.05, 4.69) is 9.71 Å². The summed E-state index contributed by atoms with van der Waals surface area (Å²) in [5.74, 6) is -3.65. The summed E-state index contributed by atoms with van der Waals surface area (Å²) in [7, 11) is 0. The normalized spacial score (nSPS) is 15.1. The minimum absolute atomic E-state index is 0.0114. The van der Waals surface area contributed by atoms with Gasteiger partial charge in [0.05, 0.1) is 21.7 Å². The number of carbonyl (C=O) groups is 1. The van der Waals surface area contributed by atoms with Crippen molar-refractivity contribution in [3.63, 3.8) is 0 Å². The zero-order valence-electron chi connectivity index (χ0n) is 19.3. The van der Waals surface area contributed by atoms with Crippen LogP contribution in [0.15, 0.2) is 71.8 Å². The summed E-state index contributed by atoms with van der Waals surface area (Å²) in [6.07, 6.45) is 1.57. The average molecular weight is 528 g/mol. The number of amides is 1. The number of benzene rings is 3. The van der Waals surface area contributed by atoms with Gasteiger partial charge in [-0.3, -0.25) is 9.78 Å². The minimum Gasteiger partial charge on any atom is -0.385 e. The summed E-state index contributed by atoms with van der Waals surface area (Å²) in [6.45, 7) is 0.181. The lowest BCUT2D eigenvalue weighted by Crippen LogP contribution is -2.45. The van der Waals surface area contributed by atoms with Gasteiger partial charge in [0.15, 0.2) is 11.6 Å². The Kier molecular flexibility index (Phi) is 6.78. The molecule has 0 unspecified atom stereocenters. The first-order valence-corrected chi connectivity index (χ1v) is 12.3. The zero-order chi connectivity index (χ0) is 26.2. The van der Waals surface area contributed by atoms with Crippen LogP contribution in [0.3, 0.4) is 0 Å². The molecule has 5 nitrogen and oxygen atoms in total. The number of hydrogen-bond donors (Lipinski definition) is 2. The Morgan fingerprint density at radius 3 is 2.49 bits per heavy atom. The van der Waals surface area contributed by atoms with E-state index >= 15 is 0 Å². The van der Waals surface area contributed by atoms with E-state index in [-0.39, 0.29) is 42.7 Å². The molecule has 37 heavy (non-hydrogen) atoms. The zero-order valence-corrected chi connectivity index (χ0v) is 20.2. The first-order valence-electron chi connectivity index (χ1n) is 11.5. The highest BCUT2D eigenvalue weighted by molar-refractivity contribution is 8.00. The Labute approximate surface area is 214 Å². The van der Waals surface area contributed by atoms with Crippen LogP contribution < -0.4 is 4.72 Å². The number of likely N-dealkylation sites (tertiary alicyclic amines) is 1. The first-order chi connectivity index (χ1) is 17.8. The second kappa shape index (κ2) is 10.0. The molecule has 190 valence electrons. The summed E-state index contributed by atoms with van der Waals surface area (Å²) in [5.41, 5.74) is -1.05. The maximum atomic E-state index is 14.8. The quantitative estimate of drug-likeness (QED) is 0.245. The summed E-state index contributed by atoms with van der Waals surface area (Å²) >= 11 is 1.07. The topological polar surface area (TPSA) is 65.5 Å². The third-order valence-corrected chi connectivity index (χ3v) is 7.37. The number of aromatic nitrogens is 1. The fraction of sp³-hybridized carbons (Fsp3) is 0.185. The number of piperidine rings is 1. The number of rotatable bonds is 5. The van der Waals surface area contributed by atoms with Crippen LogP contribution in [0.4, 0.5) is 23.2 Å². The van der Waals surface area contributed by atoms with Gasteiger partial charge in [-0.25, -0.2) is 17.6 Å². The van der Waals surface area contributed by atoms with Crippen molar-refractivity contribution in [1.82, 2.24) is 9.88 Å². The Morgan fingerprint density at radius 2 is 1.73 bits per heavy atom. The molecular formula is C27H21F4N3O2S. The molecule has 0 spiro atoms. The predicted molar refractivity (Wildman–Crippen MR) is 133 cm³/mol. The van der Waals surface area contributed by atoms with Crippen molar-refractivity contribution in [2.24, 2.45) is 0 Å². The molecule has 0 saturated carbocycles.